The molecule has 1 saturated heterocycles. The molecule has 0 aliphatic carbocycles. The van der Waals surface area contributed by atoms with E-state index < -0.39 is 10.0 Å². The van der Waals surface area contributed by atoms with E-state index in [4.69, 9.17) is 5.26 Å². The molecule has 1 heterocycles. The minimum atomic E-state index is -3.11. The number of piperazine rings is 1. The fraction of sp³-hybridized carbons (Fsp3) is 0.562. The number of rotatable bonds is 6. The van der Waals surface area contributed by atoms with Crippen molar-refractivity contribution >= 4 is 10.0 Å². The van der Waals surface area contributed by atoms with Crippen molar-refractivity contribution in [3.63, 3.8) is 0 Å². The van der Waals surface area contributed by atoms with Crippen molar-refractivity contribution in [3.05, 3.63) is 35.4 Å². The second-order valence-electron chi connectivity index (χ2n) is 6.10. The van der Waals surface area contributed by atoms with Crippen LogP contribution in [0.15, 0.2) is 24.3 Å². The van der Waals surface area contributed by atoms with Gasteiger partial charge in [-0.1, -0.05) is 12.1 Å². The first-order chi connectivity index (χ1) is 10.9. The van der Waals surface area contributed by atoms with Crippen LogP contribution in [0.2, 0.25) is 0 Å². The van der Waals surface area contributed by atoms with Gasteiger partial charge in [0.1, 0.15) is 0 Å². The minimum Gasteiger partial charge on any atom is -0.297 e. The Morgan fingerprint density at radius 1 is 1.30 bits per heavy atom. The molecule has 23 heavy (non-hydrogen) atoms. The molecular weight excluding hydrogens is 312 g/mol. The first kappa shape index (κ1) is 17.9. The summed E-state index contributed by atoms with van der Waals surface area (Å²) < 4.78 is 24.7. The van der Waals surface area contributed by atoms with Crippen molar-refractivity contribution in [2.24, 2.45) is 0 Å². The number of hydrogen-bond acceptors (Lipinski definition) is 5. The van der Waals surface area contributed by atoms with E-state index in [1.807, 2.05) is 24.3 Å². The number of hydrogen-bond donors (Lipinski definition) is 1. The third-order valence-electron chi connectivity index (χ3n) is 4.10. The summed E-state index contributed by atoms with van der Waals surface area (Å²) >= 11 is 0. The molecule has 0 saturated carbocycles. The van der Waals surface area contributed by atoms with E-state index in [1.165, 1.54) is 11.8 Å². The summed E-state index contributed by atoms with van der Waals surface area (Å²) in [6.45, 7) is 7.10. The van der Waals surface area contributed by atoms with Crippen molar-refractivity contribution < 1.29 is 8.42 Å². The van der Waals surface area contributed by atoms with Crippen molar-refractivity contribution in [1.29, 1.82) is 5.26 Å². The second kappa shape index (κ2) is 7.88. The Kier molecular flexibility index (Phi) is 6.13. The predicted molar refractivity (Wildman–Crippen MR) is 90.3 cm³/mol. The van der Waals surface area contributed by atoms with E-state index in [1.54, 1.807) is 0 Å². The molecule has 0 radical (unpaired) electrons. The molecule has 0 spiro atoms. The largest absolute Gasteiger partial charge is 0.297 e. The van der Waals surface area contributed by atoms with Crippen molar-refractivity contribution in [2.75, 3.05) is 39.0 Å². The lowest BCUT2D eigenvalue weighted by molar-refractivity contribution is 0.0808. The van der Waals surface area contributed by atoms with Crippen molar-refractivity contribution in [2.45, 2.75) is 19.5 Å². The first-order valence-corrected chi connectivity index (χ1v) is 9.66. The molecule has 1 aliphatic rings. The van der Waals surface area contributed by atoms with E-state index in [0.717, 1.165) is 32.7 Å². The molecular formula is C16H24N4O2S. The van der Waals surface area contributed by atoms with E-state index in [2.05, 4.69) is 27.5 Å². The van der Waals surface area contributed by atoms with Gasteiger partial charge in [0, 0.05) is 45.3 Å². The topological polar surface area (TPSA) is 76.4 Å². The highest BCUT2D eigenvalue weighted by molar-refractivity contribution is 7.88. The molecule has 1 aromatic rings. The van der Waals surface area contributed by atoms with Crippen LogP contribution in [0, 0.1) is 11.3 Å². The number of nitrogens with zero attached hydrogens (tertiary/aromatic N) is 3. The number of benzene rings is 1. The van der Waals surface area contributed by atoms with Gasteiger partial charge in [0.25, 0.3) is 0 Å². The zero-order valence-corrected chi connectivity index (χ0v) is 14.5. The Morgan fingerprint density at radius 3 is 2.57 bits per heavy atom. The Balaban J connectivity index is 1.80. The van der Waals surface area contributed by atoms with Crippen LogP contribution < -0.4 is 4.72 Å². The summed E-state index contributed by atoms with van der Waals surface area (Å²) in [5.74, 6) is 0. The van der Waals surface area contributed by atoms with Crippen LogP contribution in [0.25, 0.3) is 0 Å². The summed E-state index contributed by atoms with van der Waals surface area (Å²) in [4.78, 5) is 4.71. The summed E-state index contributed by atoms with van der Waals surface area (Å²) in [6.07, 6.45) is 1.19. The molecule has 7 heteroatoms. The lowest BCUT2D eigenvalue weighted by Gasteiger charge is -2.40. The van der Waals surface area contributed by atoms with Gasteiger partial charge in [-0.05, 0) is 24.6 Å². The van der Waals surface area contributed by atoms with Crippen LogP contribution in [0.5, 0.6) is 0 Å². The van der Waals surface area contributed by atoms with Crippen LogP contribution in [0.3, 0.4) is 0 Å². The summed E-state index contributed by atoms with van der Waals surface area (Å²) in [5.41, 5.74) is 1.90. The molecule has 1 aliphatic heterocycles. The van der Waals surface area contributed by atoms with Crippen LogP contribution in [0.1, 0.15) is 18.1 Å². The lowest BCUT2D eigenvalue weighted by atomic mass is 10.1. The molecule has 1 N–H and O–H groups in total. The van der Waals surface area contributed by atoms with E-state index in [0.29, 0.717) is 18.2 Å². The van der Waals surface area contributed by atoms with Gasteiger partial charge in [-0.15, -0.1) is 0 Å². The predicted octanol–water partition coefficient (Wildman–Crippen LogP) is 0.614. The molecule has 126 valence electrons. The second-order valence-corrected chi connectivity index (χ2v) is 7.93. The van der Waals surface area contributed by atoms with Gasteiger partial charge in [0.2, 0.25) is 10.0 Å². The third kappa shape index (κ3) is 5.92. The zero-order valence-electron chi connectivity index (χ0n) is 13.7. The maximum absolute atomic E-state index is 11.1. The molecule has 2 rings (SSSR count). The van der Waals surface area contributed by atoms with Crippen LogP contribution in [0.4, 0.5) is 0 Å². The Morgan fingerprint density at radius 2 is 2.00 bits per heavy atom. The zero-order chi connectivity index (χ0) is 16.9. The van der Waals surface area contributed by atoms with Gasteiger partial charge in [0.05, 0.1) is 17.9 Å². The molecule has 1 fully saturated rings. The summed E-state index contributed by atoms with van der Waals surface area (Å²) in [5, 5.41) is 8.83. The highest BCUT2D eigenvalue weighted by Crippen LogP contribution is 2.13. The molecule has 1 atom stereocenters. The summed E-state index contributed by atoms with van der Waals surface area (Å²) in [6, 6.07) is 10.2. The average molecular weight is 336 g/mol. The molecule has 1 aromatic carbocycles. The highest BCUT2D eigenvalue weighted by atomic mass is 32.2. The van der Waals surface area contributed by atoms with Crippen LogP contribution >= 0.6 is 0 Å². The maximum Gasteiger partial charge on any atom is 0.208 e. The van der Waals surface area contributed by atoms with Crippen LogP contribution in [-0.2, 0) is 16.6 Å². The molecule has 0 aromatic heterocycles. The van der Waals surface area contributed by atoms with Gasteiger partial charge in [-0.3, -0.25) is 9.80 Å². The normalized spacial score (nSPS) is 20.3. The maximum atomic E-state index is 11.1. The molecule has 0 bridgehead atoms. The minimum absolute atomic E-state index is 0.392. The Labute approximate surface area is 138 Å². The van der Waals surface area contributed by atoms with Gasteiger partial charge >= 0.3 is 0 Å². The smallest absolute Gasteiger partial charge is 0.208 e. The van der Waals surface area contributed by atoms with Gasteiger partial charge < -0.3 is 0 Å². The number of nitrogens with one attached hydrogen (secondary N) is 1. The first-order valence-electron chi connectivity index (χ1n) is 7.77. The summed E-state index contributed by atoms with van der Waals surface area (Å²) in [7, 11) is -3.11. The quantitative estimate of drug-likeness (QED) is 0.824. The number of sulfonamides is 1. The SMILES string of the molecule is C[C@H]1CN(Cc2ccc(C#N)cc2)CCN1CCNS(C)(=O)=O. The Hall–Kier alpha value is -1.46. The van der Waals surface area contributed by atoms with E-state index in [-0.39, 0.29) is 0 Å². The van der Waals surface area contributed by atoms with E-state index in [9.17, 15) is 8.42 Å². The monoisotopic (exact) mass is 336 g/mol. The molecule has 6 nitrogen and oxygen atoms in total. The number of nitriles is 1. The van der Waals surface area contributed by atoms with Gasteiger partial charge in [0.15, 0.2) is 0 Å². The fourth-order valence-electron chi connectivity index (χ4n) is 2.86. The van der Waals surface area contributed by atoms with Crippen molar-refractivity contribution in [1.82, 2.24) is 14.5 Å². The lowest BCUT2D eigenvalue weighted by Crippen LogP contribution is -2.53. The van der Waals surface area contributed by atoms with Crippen molar-refractivity contribution in [3.8, 4) is 6.07 Å². The molecule has 0 amide bonds. The third-order valence-corrected chi connectivity index (χ3v) is 4.83. The van der Waals surface area contributed by atoms with E-state index >= 15 is 0 Å². The standard InChI is InChI=1S/C16H24N4O2S/c1-14-12-19(13-16-5-3-15(11-17)4-6-16)9-10-20(14)8-7-18-23(2,21)22/h3-6,14,18H,7-10,12-13H2,1-2H3/t14-/m0/s1. The average Bonchev–Trinajstić information content (AvgIpc) is 2.49. The van der Waals surface area contributed by atoms with Crippen LogP contribution in [-0.4, -0.2) is 63.2 Å². The Bertz CT molecular complexity index is 652. The van der Waals surface area contributed by atoms with Gasteiger partial charge in [-0.2, -0.15) is 5.26 Å². The fourth-order valence-corrected chi connectivity index (χ4v) is 3.33. The highest BCUT2D eigenvalue weighted by Gasteiger charge is 2.23. The molecule has 0 unspecified atom stereocenters. The van der Waals surface area contributed by atoms with Gasteiger partial charge in [-0.25, -0.2) is 13.1 Å².